The van der Waals surface area contributed by atoms with E-state index in [4.69, 9.17) is 49.0 Å². The second kappa shape index (κ2) is 12.4. The molecule has 0 atom stereocenters. The minimum Gasteiger partial charge on any atom is -0.490 e. The SMILES string of the molecule is CCOCCCNCc1cc(OCC)c(OCc2ccc(Cl)c(Cl)c2)cc1Cl. The topological polar surface area (TPSA) is 39.7 Å². The van der Waals surface area contributed by atoms with E-state index in [0.717, 1.165) is 37.3 Å². The van der Waals surface area contributed by atoms with Crippen molar-refractivity contribution in [3.05, 3.63) is 56.5 Å². The summed E-state index contributed by atoms with van der Waals surface area (Å²) < 4.78 is 17.0. The molecule has 0 aromatic heterocycles. The highest BCUT2D eigenvalue weighted by Gasteiger charge is 2.12. The lowest BCUT2D eigenvalue weighted by molar-refractivity contribution is 0.144. The van der Waals surface area contributed by atoms with Gasteiger partial charge < -0.3 is 19.5 Å². The van der Waals surface area contributed by atoms with Crippen LogP contribution in [0.5, 0.6) is 11.5 Å². The third-order valence-corrected chi connectivity index (χ3v) is 5.04. The summed E-state index contributed by atoms with van der Waals surface area (Å²) in [5.41, 5.74) is 1.87. The Bertz CT molecular complexity index is 756. The standard InChI is InChI=1S/C21H26Cl3NO3/c1-3-26-9-5-8-25-13-16-11-20(27-4-2)21(12-18(16)23)28-14-15-6-7-17(22)19(24)10-15/h6-7,10-12,25H,3-5,8-9,13-14H2,1-2H3. The van der Waals surface area contributed by atoms with E-state index in [2.05, 4.69) is 5.32 Å². The van der Waals surface area contributed by atoms with Crippen molar-refractivity contribution in [1.82, 2.24) is 5.32 Å². The maximum Gasteiger partial charge on any atom is 0.163 e. The zero-order valence-electron chi connectivity index (χ0n) is 16.2. The molecule has 0 aliphatic heterocycles. The number of hydrogen-bond acceptors (Lipinski definition) is 4. The molecule has 0 spiro atoms. The van der Waals surface area contributed by atoms with Crippen LogP contribution in [0.2, 0.25) is 15.1 Å². The van der Waals surface area contributed by atoms with Crippen LogP contribution >= 0.6 is 34.8 Å². The first-order chi connectivity index (χ1) is 13.5. The number of benzene rings is 2. The van der Waals surface area contributed by atoms with Crippen LogP contribution in [0.25, 0.3) is 0 Å². The van der Waals surface area contributed by atoms with E-state index < -0.39 is 0 Å². The molecule has 0 saturated heterocycles. The highest BCUT2D eigenvalue weighted by molar-refractivity contribution is 6.42. The number of rotatable bonds is 12. The van der Waals surface area contributed by atoms with Gasteiger partial charge in [0.2, 0.25) is 0 Å². The lowest BCUT2D eigenvalue weighted by Gasteiger charge is -2.15. The molecule has 1 N–H and O–H groups in total. The fourth-order valence-electron chi connectivity index (χ4n) is 2.55. The molecule has 0 saturated carbocycles. The molecule has 0 aliphatic rings. The van der Waals surface area contributed by atoms with Crippen molar-refractivity contribution in [2.75, 3.05) is 26.4 Å². The Morgan fingerprint density at radius 1 is 0.857 bits per heavy atom. The van der Waals surface area contributed by atoms with Crippen molar-refractivity contribution < 1.29 is 14.2 Å². The third kappa shape index (κ3) is 7.34. The normalized spacial score (nSPS) is 10.9. The van der Waals surface area contributed by atoms with Crippen LogP contribution < -0.4 is 14.8 Å². The Balaban J connectivity index is 2.01. The zero-order valence-corrected chi connectivity index (χ0v) is 18.5. The molecule has 2 aromatic rings. The molecule has 2 rings (SSSR count). The molecule has 0 bridgehead atoms. The average molecular weight is 447 g/mol. The number of halogens is 3. The highest BCUT2D eigenvalue weighted by atomic mass is 35.5. The van der Waals surface area contributed by atoms with Crippen molar-refractivity contribution in [3.63, 3.8) is 0 Å². The highest BCUT2D eigenvalue weighted by Crippen LogP contribution is 2.34. The summed E-state index contributed by atoms with van der Waals surface area (Å²) >= 11 is 18.5. The van der Waals surface area contributed by atoms with Gasteiger partial charge in [-0.15, -0.1) is 0 Å². The molecule has 0 amide bonds. The van der Waals surface area contributed by atoms with Gasteiger partial charge in [0.15, 0.2) is 11.5 Å². The molecule has 2 aromatic carbocycles. The maximum absolute atomic E-state index is 6.45. The van der Waals surface area contributed by atoms with E-state index in [9.17, 15) is 0 Å². The first kappa shape index (κ1) is 23.1. The lowest BCUT2D eigenvalue weighted by Crippen LogP contribution is -2.16. The zero-order chi connectivity index (χ0) is 20.4. The first-order valence-electron chi connectivity index (χ1n) is 9.35. The largest absolute Gasteiger partial charge is 0.490 e. The van der Waals surface area contributed by atoms with Gasteiger partial charge in [-0.1, -0.05) is 40.9 Å². The molecular formula is C21H26Cl3NO3. The summed E-state index contributed by atoms with van der Waals surface area (Å²) in [6.45, 7) is 7.80. The van der Waals surface area contributed by atoms with Crippen LogP contribution in [0.15, 0.2) is 30.3 Å². The molecule has 0 fully saturated rings. The molecule has 4 nitrogen and oxygen atoms in total. The van der Waals surface area contributed by atoms with Gasteiger partial charge in [-0.05, 0) is 56.1 Å². The molecular weight excluding hydrogens is 421 g/mol. The van der Waals surface area contributed by atoms with Crippen molar-refractivity contribution in [1.29, 1.82) is 0 Å². The summed E-state index contributed by atoms with van der Waals surface area (Å²) in [4.78, 5) is 0. The van der Waals surface area contributed by atoms with Gasteiger partial charge in [-0.25, -0.2) is 0 Å². The van der Waals surface area contributed by atoms with Gasteiger partial charge in [-0.3, -0.25) is 0 Å². The summed E-state index contributed by atoms with van der Waals surface area (Å²) in [6, 6.07) is 9.12. The van der Waals surface area contributed by atoms with Gasteiger partial charge >= 0.3 is 0 Å². The van der Waals surface area contributed by atoms with E-state index in [1.807, 2.05) is 26.0 Å². The first-order valence-corrected chi connectivity index (χ1v) is 10.5. The van der Waals surface area contributed by atoms with Gasteiger partial charge in [0.25, 0.3) is 0 Å². The van der Waals surface area contributed by atoms with Gasteiger partial charge in [0.1, 0.15) is 6.61 Å². The predicted molar refractivity (Wildman–Crippen MR) is 116 cm³/mol. The molecule has 0 heterocycles. The van der Waals surface area contributed by atoms with Crippen LogP contribution in [0.1, 0.15) is 31.4 Å². The van der Waals surface area contributed by atoms with Crippen molar-refractivity contribution in [2.45, 2.75) is 33.4 Å². The van der Waals surface area contributed by atoms with Crippen LogP contribution in [0.4, 0.5) is 0 Å². The Morgan fingerprint density at radius 2 is 1.64 bits per heavy atom. The maximum atomic E-state index is 6.45. The third-order valence-electron chi connectivity index (χ3n) is 3.95. The molecule has 0 radical (unpaired) electrons. The molecule has 154 valence electrons. The fourth-order valence-corrected chi connectivity index (χ4v) is 3.09. The van der Waals surface area contributed by atoms with Gasteiger partial charge in [0, 0.05) is 30.8 Å². The van der Waals surface area contributed by atoms with Crippen LogP contribution in [0, 0.1) is 0 Å². The van der Waals surface area contributed by atoms with E-state index in [0.29, 0.717) is 46.3 Å². The van der Waals surface area contributed by atoms with E-state index in [1.165, 1.54) is 0 Å². The molecule has 0 aliphatic carbocycles. The second-order valence-corrected chi connectivity index (χ2v) is 7.31. The fraction of sp³-hybridized carbons (Fsp3) is 0.429. The van der Waals surface area contributed by atoms with Crippen molar-refractivity contribution in [2.24, 2.45) is 0 Å². The minimum atomic E-state index is 0.336. The van der Waals surface area contributed by atoms with E-state index >= 15 is 0 Å². The Morgan fingerprint density at radius 3 is 2.36 bits per heavy atom. The van der Waals surface area contributed by atoms with Gasteiger partial charge in [-0.2, -0.15) is 0 Å². The summed E-state index contributed by atoms with van der Waals surface area (Å²) in [7, 11) is 0. The van der Waals surface area contributed by atoms with Crippen LogP contribution in [0.3, 0.4) is 0 Å². The van der Waals surface area contributed by atoms with E-state index in [-0.39, 0.29) is 0 Å². The number of ether oxygens (including phenoxy) is 3. The minimum absolute atomic E-state index is 0.336. The van der Waals surface area contributed by atoms with Gasteiger partial charge in [0.05, 0.1) is 16.7 Å². The summed E-state index contributed by atoms with van der Waals surface area (Å²) in [6.07, 6.45) is 0.953. The quantitative estimate of drug-likeness (QED) is 0.397. The Kier molecular flexibility index (Phi) is 10.2. The smallest absolute Gasteiger partial charge is 0.163 e. The Labute approximate surface area is 182 Å². The summed E-state index contributed by atoms with van der Waals surface area (Å²) in [5, 5.41) is 5.01. The average Bonchev–Trinajstić information content (AvgIpc) is 2.68. The van der Waals surface area contributed by atoms with Crippen LogP contribution in [-0.4, -0.2) is 26.4 Å². The lowest BCUT2D eigenvalue weighted by atomic mass is 10.2. The monoisotopic (exact) mass is 445 g/mol. The van der Waals surface area contributed by atoms with E-state index in [1.54, 1.807) is 18.2 Å². The van der Waals surface area contributed by atoms with Crippen molar-refractivity contribution >= 4 is 34.8 Å². The molecule has 28 heavy (non-hydrogen) atoms. The molecule has 0 unspecified atom stereocenters. The predicted octanol–water partition coefficient (Wildman–Crippen LogP) is 6.14. The molecule has 7 heteroatoms. The Hall–Kier alpha value is -1.17. The second-order valence-electron chi connectivity index (χ2n) is 6.09. The summed E-state index contributed by atoms with van der Waals surface area (Å²) in [5.74, 6) is 1.26. The number of hydrogen-bond donors (Lipinski definition) is 1. The van der Waals surface area contributed by atoms with Crippen LogP contribution in [-0.2, 0) is 17.9 Å². The van der Waals surface area contributed by atoms with Crippen molar-refractivity contribution in [3.8, 4) is 11.5 Å². The number of nitrogens with one attached hydrogen (secondary N) is 1.